The van der Waals surface area contributed by atoms with Gasteiger partial charge in [0, 0.05) is 42.8 Å². The predicted octanol–water partition coefficient (Wildman–Crippen LogP) is 4.02. The van der Waals surface area contributed by atoms with E-state index in [1.165, 1.54) is 0 Å². The van der Waals surface area contributed by atoms with Crippen molar-refractivity contribution in [1.29, 1.82) is 0 Å². The van der Waals surface area contributed by atoms with Gasteiger partial charge in [-0.3, -0.25) is 4.79 Å². The van der Waals surface area contributed by atoms with Crippen molar-refractivity contribution < 1.29 is 9.53 Å². The molecule has 0 radical (unpaired) electrons. The molecular formula is C21H23ClN4O2S. The highest BCUT2D eigenvalue weighted by molar-refractivity contribution is 7.98. The highest BCUT2D eigenvalue weighted by Gasteiger charge is 2.12. The molecule has 0 spiro atoms. The fourth-order valence-electron chi connectivity index (χ4n) is 2.82. The molecule has 0 bridgehead atoms. The average molecular weight is 431 g/mol. The van der Waals surface area contributed by atoms with Gasteiger partial charge in [0.15, 0.2) is 5.16 Å². The number of thioether (sulfide) groups is 1. The summed E-state index contributed by atoms with van der Waals surface area (Å²) in [6.45, 7) is 0.433. The number of methoxy groups -OCH3 is 1. The van der Waals surface area contributed by atoms with Crippen molar-refractivity contribution in [2.75, 3.05) is 7.11 Å². The first-order chi connectivity index (χ1) is 14.1. The number of rotatable bonds is 9. The van der Waals surface area contributed by atoms with E-state index in [9.17, 15) is 4.79 Å². The van der Waals surface area contributed by atoms with Crippen LogP contribution in [0.4, 0.5) is 0 Å². The summed E-state index contributed by atoms with van der Waals surface area (Å²) >= 11 is 7.62. The third-order valence-corrected chi connectivity index (χ3v) is 5.75. The Hall–Kier alpha value is -2.51. The summed E-state index contributed by atoms with van der Waals surface area (Å²) in [7, 11) is 3.54. The summed E-state index contributed by atoms with van der Waals surface area (Å²) in [6, 6.07) is 15.4. The van der Waals surface area contributed by atoms with Gasteiger partial charge >= 0.3 is 0 Å². The van der Waals surface area contributed by atoms with Crippen molar-refractivity contribution in [2.24, 2.45) is 7.05 Å². The number of para-hydroxylation sites is 1. The molecule has 3 rings (SSSR count). The maximum absolute atomic E-state index is 12.2. The number of benzene rings is 2. The fraction of sp³-hybridized carbons (Fsp3) is 0.286. The molecule has 0 aliphatic heterocycles. The van der Waals surface area contributed by atoms with E-state index >= 15 is 0 Å². The van der Waals surface area contributed by atoms with Crippen LogP contribution in [0.5, 0.6) is 5.75 Å². The van der Waals surface area contributed by atoms with Gasteiger partial charge in [0.25, 0.3) is 0 Å². The van der Waals surface area contributed by atoms with Crippen LogP contribution in [0.2, 0.25) is 5.02 Å². The molecule has 1 aromatic heterocycles. The lowest BCUT2D eigenvalue weighted by molar-refractivity contribution is -0.121. The van der Waals surface area contributed by atoms with Crippen molar-refractivity contribution in [2.45, 2.75) is 30.3 Å². The van der Waals surface area contributed by atoms with Crippen molar-refractivity contribution in [3.63, 3.8) is 0 Å². The Bertz CT molecular complexity index is 977. The summed E-state index contributed by atoms with van der Waals surface area (Å²) in [5.41, 5.74) is 2.07. The lowest BCUT2D eigenvalue weighted by Gasteiger charge is -2.09. The molecule has 0 fully saturated rings. The number of nitrogens with zero attached hydrogens (tertiary/aromatic N) is 3. The number of nitrogens with one attached hydrogen (secondary N) is 1. The Morgan fingerprint density at radius 1 is 1.21 bits per heavy atom. The first kappa shape index (κ1) is 21.2. The number of aromatic nitrogens is 3. The summed E-state index contributed by atoms with van der Waals surface area (Å²) in [5.74, 6) is 2.27. The molecule has 1 N–H and O–H groups in total. The Morgan fingerprint density at radius 3 is 2.83 bits per heavy atom. The van der Waals surface area contributed by atoms with Crippen LogP contribution >= 0.6 is 23.4 Å². The maximum atomic E-state index is 12.2. The van der Waals surface area contributed by atoms with E-state index in [-0.39, 0.29) is 5.91 Å². The van der Waals surface area contributed by atoms with Gasteiger partial charge in [-0.05, 0) is 23.8 Å². The fourth-order valence-corrected chi connectivity index (χ4v) is 3.91. The molecule has 8 heteroatoms. The minimum absolute atomic E-state index is 0.0352. The van der Waals surface area contributed by atoms with E-state index in [0.717, 1.165) is 38.6 Å². The summed E-state index contributed by atoms with van der Waals surface area (Å²) in [5, 5.41) is 12.9. The van der Waals surface area contributed by atoms with E-state index in [0.29, 0.717) is 19.4 Å². The summed E-state index contributed by atoms with van der Waals surface area (Å²) < 4.78 is 7.24. The molecule has 0 saturated carbocycles. The number of halogens is 1. The highest BCUT2D eigenvalue weighted by Crippen LogP contribution is 2.23. The summed E-state index contributed by atoms with van der Waals surface area (Å²) in [6.07, 6.45) is 0.874. The standard InChI is InChI=1S/C21H23ClN4O2S/c1-26-19(24-25-21(26)29-14-15-6-5-8-17(22)12-15)10-11-20(27)23-13-16-7-3-4-9-18(16)28-2/h3-9,12H,10-11,13-14H2,1-2H3,(H,23,27). The third kappa shape index (κ3) is 5.98. The van der Waals surface area contributed by atoms with Gasteiger partial charge in [-0.15, -0.1) is 10.2 Å². The quantitative estimate of drug-likeness (QED) is 0.519. The van der Waals surface area contributed by atoms with Crippen LogP contribution in [0.15, 0.2) is 53.7 Å². The Balaban J connectivity index is 1.48. The van der Waals surface area contributed by atoms with Crippen LogP contribution in [0.25, 0.3) is 0 Å². The molecule has 6 nitrogen and oxygen atoms in total. The normalized spacial score (nSPS) is 10.7. The molecule has 0 unspecified atom stereocenters. The Morgan fingerprint density at radius 2 is 2.03 bits per heavy atom. The number of carbonyl (C=O) groups is 1. The van der Waals surface area contributed by atoms with Crippen LogP contribution in [-0.2, 0) is 30.6 Å². The lowest BCUT2D eigenvalue weighted by atomic mass is 10.2. The van der Waals surface area contributed by atoms with Crippen LogP contribution < -0.4 is 10.1 Å². The van der Waals surface area contributed by atoms with Crippen LogP contribution in [-0.4, -0.2) is 27.8 Å². The predicted molar refractivity (Wildman–Crippen MR) is 115 cm³/mol. The van der Waals surface area contributed by atoms with E-state index in [2.05, 4.69) is 15.5 Å². The zero-order chi connectivity index (χ0) is 20.6. The minimum Gasteiger partial charge on any atom is -0.496 e. The topological polar surface area (TPSA) is 69.0 Å². The van der Waals surface area contributed by atoms with Crippen molar-refractivity contribution in [3.05, 3.63) is 70.5 Å². The second-order valence-electron chi connectivity index (χ2n) is 6.46. The van der Waals surface area contributed by atoms with Crippen LogP contribution in [0.1, 0.15) is 23.4 Å². The Kier molecular flexibility index (Phi) is 7.55. The van der Waals surface area contributed by atoms with Crippen LogP contribution in [0.3, 0.4) is 0 Å². The number of ether oxygens (including phenoxy) is 1. The van der Waals surface area contributed by atoms with Crippen molar-refractivity contribution in [3.8, 4) is 5.75 Å². The number of carbonyl (C=O) groups excluding carboxylic acids is 1. The highest BCUT2D eigenvalue weighted by atomic mass is 35.5. The molecule has 0 atom stereocenters. The SMILES string of the molecule is COc1ccccc1CNC(=O)CCc1nnc(SCc2cccc(Cl)c2)n1C. The van der Waals surface area contributed by atoms with Gasteiger partial charge in [-0.2, -0.15) is 0 Å². The number of amides is 1. The van der Waals surface area contributed by atoms with E-state index in [4.69, 9.17) is 16.3 Å². The molecule has 0 aliphatic carbocycles. The molecule has 1 heterocycles. The van der Waals surface area contributed by atoms with Gasteiger partial charge in [0.05, 0.1) is 7.11 Å². The van der Waals surface area contributed by atoms with E-state index in [1.54, 1.807) is 18.9 Å². The molecular weight excluding hydrogens is 408 g/mol. The average Bonchev–Trinajstić information content (AvgIpc) is 3.09. The van der Waals surface area contributed by atoms with Gasteiger partial charge < -0.3 is 14.6 Å². The number of hydrogen-bond donors (Lipinski definition) is 1. The largest absolute Gasteiger partial charge is 0.496 e. The molecule has 3 aromatic rings. The molecule has 152 valence electrons. The first-order valence-corrected chi connectivity index (χ1v) is 10.6. The lowest BCUT2D eigenvalue weighted by Crippen LogP contribution is -2.23. The molecule has 2 aromatic carbocycles. The number of aryl methyl sites for hydroxylation is 1. The molecule has 0 saturated heterocycles. The second-order valence-corrected chi connectivity index (χ2v) is 7.84. The zero-order valence-corrected chi connectivity index (χ0v) is 18.0. The van der Waals surface area contributed by atoms with E-state index < -0.39 is 0 Å². The molecule has 1 amide bonds. The third-order valence-electron chi connectivity index (χ3n) is 4.43. The van der Waals surface area contributed by atoms with Gasteiger partial charge in [0.2, 0.25) is 5.91 Å². The van der Waals surface area contributed by atoms with Crippen LogP contribution in [0, 0.1) is 0 Å². The summed E-state index contributed by atoms with van der Waals surface area (Å²) in [4.78, 5) is 12.2. The van der Waals surface area contributed by atoms with Gasteiger partial charge in [-0.25, -0.2) is 0 Å². The molecule has 0 aliphatic rings. The maximum Gasteiger partial charge on any atom is 0.220 e. The monoisotopic (exact) mass is 430 g/mol. The zero-order valence-electron chi connectivity index (χ0n) is 16.4. The smallest absolute Gasteiger partial charge is 0.220 e. The van der Waals surface area contributed by atoms with Gasteiger partial charge in [-0.1, -0.05) is 53.7 Å². The van der Waals surface area contributed by atoms with E-state index in [1.807, 2.05) is 60.1 Å². The second kappa shape index (κ2) is 10.3. The first-order valence-electron chi connectivity index (χ1n) is 9.21. The minimum atomic E-state index is -0.0352. The Labute approximate surface area is 179 Å². The number of hydrogen-bond acceptors (Lipinski definition) is 5. The van der Waals surface area contributed by atoms with Crippen molar-refractivity contribution >= 4 is 29.3 Å². The molecule has 29 heavy (non-hydrogen) atoms. The van der Waals surface area contributed by atoms with Crippen molar-refractivity contribution in [1.82, 2.24) is 20.1 Å². The van der Waals surface area contributed by atoms with Gasteiger partial charge in [0.1, 0.15) is 11.6 Å².